The minimum absolute atomic E-state index is 0.104. The van der Waals surface area contributed by atoms with Gasteiger partial charge < -0.3 is 0 Å². The van der Waals surface area contributed by atoms with Gasteiger partial charge in [-0.15, -0.1) is 0 Å². The largest absolute Gasteiger partial charge is 0.294 e. The van der Waals surface area contributed by atoms with Crippen LogP contribution in [-0.4, -0.2) is 11.6 Å². The molecule has 0 aliphatic carbocycles. The zero-order chi connectivity index (χ0) is 23.8. The minimum Gasteiger partial charge on any atom is -0.294 e. The highest BCUT2D eigenvalue weighted by Gasteiger charge is 2.22. The molecule has 0 radical (unpaired) electrons. The van der Waals surface area contributed by atoms with Crippen LogP contribution in [0.1, 0.15) is 112 Å². The molecule has 0 saturated carbocycles. The van der Waals surface area contributed by atoms with E-state index in [9.17, 15) is 9.59 Å². The molecule has 0 bridgehead atoms. The summed E-state index contributed by atoms with van der Waals surface area (Å²) in [5, 5.41) is 0. The summed E-state index contributed by atoms with van der Waals surface area (Å²) in [4.78, 5) is 24.8. The molecule has 0 fully saturated rings. The van der Waals surface area contributed by atoms with Crippen LogP contribution < -0.4 is 0 Å². The smallest absolute Gasteiger partial charge is 0.168 e. The summed E-state index contributed by atoms with van der Waals surface area (Å²) in [7, 11) is 0. The average molecular weight is 435 g/mol. The van der Waals surface area contributed by atoms with Gasteiger partial charge in [0.05, 0.1) is 0 Å². The quantitative estimate of drug-likeness (QED) is 0.263. The fourth-order valence-electron chi connectivity index (χ4n) is 3.86. The summed E-state index contributed by atoms with van der Waals surface area (Å²) in [6, 6.07) is 16.2. The fraction of sp³-hybridized carbons (Fsp3) is 0.533. The van der Waals surface area contributed by atoms with Crippen LogP contribution >= 0.6 is 0 Å². The molecule has 0 amide bonds. The van der Waals surface area contributed by atoms with E-state index in [-0.39, 0.29) is 11.6 Å². The van der Waals surface area contributed by atoms with Gasteiger partial charge in [-0.3, -0.25) is 9.59 Å². The third kappa shape index (κ3) is 9.10. The van der Waals surface area contributed by atoms with Crippen molar-refractivity contribution in [1.29, 1.82) is 0 Å². The first-order chi connectivity index (χ1) is 15.0. The predicted molar refractivity (Wildman–Crippen MR) is 136 cm³/mol. The second-order valence-corrected chi connectivity index (χ2v) is 11.4. The molecule has 0 aliphatic heterocycles. The Morgan fingerprint density at radius 3 is 1.56 bits per heavy atom. The van der Waals surface area contributed by atoms with E-state index in [1.807, 2.05) is 20.8 Å². The molecule has 32 heavy (non-hydrogen) atoms. The van der Waals surface area contributed by atoms with Gasteiger partial charge in [0.1, 0.15) is 0 Å². The highest BCUT2D eigenvalue weighted by molar-refractivity contribution is 6.01. The highest BCUT2D eigenvalue weighted by atomic mass is 16.1. The third-order valence-electron chi connectivity index (χ3n) is 5.93. The number of unbranched alkanes of at least 4 members (excludes halogenated alkanes) is 2. The molecular formula is C30H42O2. The van der Waals surface area contributed by atoms with Gasteiger partial charge in [0.15, 0.2) is 11.6 Å². The molecule has 0 N–H and O–H groups in total. The Labute approximate surface area is 195 Å². The maximum atomic E-state index is 12.5. The van der Waals surface area contributed by atoms with Crippen molar-refractivity contribution in [2.75, 3.05) is 0 Å². The van der Waals surface area contributed by atoms with Crippen molar-refractivity contribution < 1.29 is 9.59 Å². The van der Waals surface area contributed by atoms with E-state index in [2.05, 4.69) is 45.0 Å². The lowest BCUT2D eigenvalue weighted by Crippen LogP contribution is -2.20. The molecule has 0 heterocycles. The summed E-state index contributed by atoms with van der Waals surface area (Å²) in [6.45, 7) is 12.7. The number of carbonyl (C=O) groups is 2. The zero-order valence-corrected chi connectivity index (χ0v) is 21.1. The summed E-state index contributed by atoms with van der Waals surface area (Å²) >= 11 is 0. The number of carbonyl (C=O) groups excluding carboxylic acids is 2. The van der Waals surface area contributed by atoms with E-state index in [4.69, 9.17) is 0 Å². The van der Waals surface area contributed by atoms with Crippen LogP contribution in [0.5, 0.6) is 0 Å². The van der Waals surface area contributed by atoms with Gasteiger partial charge in [0.25, 0.3) is 0 Å². The van der Waals surface area contributed by atoms with Crippen molar-refractivity contribution >= 4 is 11.6 Å². The van der Waals surface area contributed by atoms with Crippen LogP contribution in [0, 0.1) is 10.8 Å². The summed E-state index contributed by atoms with van der Waals surface area (Å²) in [5.74, 6) is 0.262. The van der Waals surface area contributed by atoms with Gasteiger partial charge in [0, 0.05) is 23.0 Å². The highest BCUT2D eigenvalue weighted by Crippen LogP contribution is 2.23. The van der Waals surface area contributed by atoms with Crippen LogP contribution in [0.4, 0.5) is 0 Å². The molecule has 0 aliphatic rings. The van der Waals surface area contributed by atoms with Crippen LogP contribution in [0.25, 0.3) is 0 Å². The number of rotatable bonds is 11. The van der Waals surface area contributed by atoms with Crippen LogP contribution in [0.2, 0.25) is 0 Å². The first kappa shape index (κ1) is 26.0. The summed E-state index contributed by atoms with van der Waals surface area (Å²) in [5.41, 5.74) is 4.17. The number of Topliss-reactive ketones (excluding diaryl/α,β-unsaturated/α-hetero) is 2. The molecule has 2 nitrogen and oxygen atoms in total. The van der Waals surface area contributed by atoms with Gasteiger partial charge in [-0.05, 0) is 55.1 Å². The second-order valence-electron chi connectivity index (χ2n) is 11.4. The fourth-order valence-corrected chi connectivity index (χ4v) is 3.86. The van der Waals surface area contributed by atoms with E-state index in [0.717, 1.165) is 25.7 Å². The van der Waals surface area contributed by atoms with Crippen molar-refractivity contribution in [3.8, 4) is 0 Å². The number of benzene rings is 2. The van der Waals surface area contributed by atoms with Crippen LogP contribution in [0.15, 0.2) is 48.5 Å². The van der Waals surface area contributed by atoms with E-state index in [1.54, 1.807) is 24.3 Å². The standard InChI is InChI=1S/C30H42O2/c1-29(2,3)22-10-9-12-24-16-14-23(15-17-24)11-7-8-13-27(31)25-18-20-26(21-19-25)28(32)30(4,5)6/h14-21H,7-13,22H2,1-6H3. The van der Waals surface area contributed by atoms with E-state index >= 15 is 0 Å². The van der Waals surface area contributed by atoms with E-state index in [0.29, 0.717) is 23.0 Å². The van der Waals surface area contributed by atoms with Crippen molar-refractivity contribution in [3.63, 3.8) is 0 Å². The van der Waals surface area contributed by atoms with Gasteiger partial charge in [-0.1, -0.05) is 96.5 Å². The first-order valence-corrected chi connectivity index (χ1v) is 12.2. The summed E-state index contributed by atoms with van der Waals surface area (Å²) < 4.78 is 0. The Bertz CT molecular complexity index is 859. The Morgan fingerprint density at radius 2 is 1.09 bits per heavy atom. The van der Waals surface area contributed by atoms with Gasteiger partial charge >= 0.3 is 0 Å². The lowest BCUT2D eigenvalue weighted by Gasteiger charge is -2.17. The number of hydrogen-bond donors (Lipinski definition) is 0. The SMILES string of the molecule is CC(C)(C)CCCCc1ccc(CCCCC(=O)c2ccc(C(=O)C(C)(C)C)cc2)cc1. The van der Waals surface area contributed by atoms with Crippen molar-refractivity contribution in [2.45, 2.75) is 92.9 Å². The van der Waals surface area contributed by atoms with Crippen LogP contribution in [0.3, 0.4) is 0 Å². The van der Waals surface area contributed by atoms with Crippen molar-refractivity contribution in [3.05, 3.63) is 70.8 Å². The molecule has 0 saturated heterocycles. The summed E-state index contributed by atoms with van der Waals surface area (Å²) in [6.07, 6.45) is 8.44. The molecule has 0 aromatic heterocycles. The van der Waals surface area contributed by atoms with Crippen LogP contribution in [-0.2, 0) is 12.8 Å². The van der Waals surface area contributed by atoms with Gasteiger partial charge in [0.2, 0.25) is 0 Å². The normalized spacial score (nSPS) is 12.1. The molecule has 2 rings (SSSR count). The number of ketones is 2. The molecule has 0 spiro atoms. The Morgan fingerprint density at radius 1 is 0.625 bits per heavy atom. The van der Waals surface area contributed by atoms with E-state index in [1.165, 1.54) is 30.4 Å². The second kappa shape index (κ2) is 11.6. The molecule has 2 heteroatoms. The molecule has 174 valence electrons. The molecule has 0 atom stereocenters. The lowest BCUT2D eigenvalue weighted by molar-refractivity contribution is 0.0857. The zero-order valence-electron chi connectivity index (χ0n) is 21.1. The van der Waals surface area contributed by atoms with Crippen molar-refractivity contribution in [2.24, 2.45) is 10.8 Å². The van der Waals surface area contributed by atoms with Gasteiger partial charge in [-0.2, -0.15) is 0 Å². The Hall–Kier alpha value is -2.22. The number of aryl methyl sites for hydroxylation is 2. The molecule has 2 aromatic carbocycles. The predicted octanol–water partition coefficient (Wildman–Crippen LogP) is 8.27. The number of hydrogen-bond acceptors (Lipinski definition) is 2. The first-order valence-electron chi connectivity index (χ1n) is 12.2. The average Bonchev–Trinajstić information content (AvgIpc) is 2.73. The molecule has 0 unspecified atom stereocenters. The maximum absolute atomic E-state index is 12.5. The Balaban J connectivity index is 1.70. The molecular weight excluding hydrogens is 392 g/mol. The van der Waals surface area contributed by atoms with Crippen molar-refractivity contribution in [1.82, 2.24) is 0 Å². The maximum Gasteiger partial charge on any atom is 0.168 e. The lowest BCUT2D eigenvalue weighted by atomic mass is 9.86. The third-order valence-corrected chi connectivity index (χ3v) is 5.93. The topological polar surface area (TPSA) is 34.1 Å². The van der Waals surface area contributed by atoms with E-state index < -0.39 is 5.41 Å². The molecule has 2 aromatic rings. The monoisotopic (exact) mass is 434 g/mol. The van der Waals surface area contributed by atoms with Gasteiger partial charge in [-0.25, -0.2) is 0 Å². The Kier molecular flexibility index (Phi) is 9.43. The minimum atomic E-state index is -0.407.